The minimum absolute atomic E-state index is 1.09. The minimum atomic E-state index is 1.09. The van der Waals surface area contributed by atoms with Crippen molar-refractivity contribution in [1.29, 1.82) is 0 Å². The molecule has 0 unspecified atom stereocenters. The van der Waals surface area contributed by atoms with Crippen molar-refractivity contribution in [3.8, 4) is 11.1 Å². The second-order valence-electron chi connectivity index (χ2n) is 19.2. The lowest BCUT2D eigenvalue weighted by Gasteiger charge is -2.26. The Hall–Kier alpha value is -10.3. The molecule has 0 aliphatic heterocycles. The van der Waals surface area contributed by atoms with Crippen molar-refractivity contribution in [2.24, 2.45) is 0 Å². The summed E-state index contributed by atoms with van der Waals surface area (Å²) in [6, 6.07) is 122. The first-order valence-electron chi connectivity index (χ1n) is 26.7. The monoisotopic (exact) mass is 996 g/mol. The topological polar surface area (TPSA) is 6.48 Å². The van der Waals surface area contributed by atoms with Crippen LogP contribution in [0.4, 0.5) is 34.1 Å². The molecule has 0 aliphatic rings. The molecule has 0 saturated carbocycles. The zero-order chi connectivity index (χ0) is 52.3. The predicted octanol–water partition coefficient (Wildman–Crippen LogP) is 20.3. The Bertz CT molecular complexity index is 3780. The standard InChI is InChI=1S/C76H56N2/c1-9-25-59(26-10-1)73(60-27-11-2-12-28-60)76(66-51-55-72(56-52-66)78(69-37-21-7-22-38-69)70-39-23-8-24-40-70)64-47-43-58(44-48-64)57-41-45-63(46-42-57)74(61-29-13-3-14-30-61)75(62-31-15-4-16-32-62)65-49-53-71(54-50-65)77(67-33-17-5-18-34-67)68-35-19-6-20-36-68/h1-56H/b75-74+. The van der Waals surface area contributed by atoms with Crippen molar-refractivity contribution in [3.63, 3.8) is 0 Å². The van der Waals surface area contributed by atoms with Crippen LogP contribution >= 0.6 is 0 Å². The predicted molar refractivity (Wildman–Crippen MR) is 330 cm³/mol. The summed E-state index contributed by atoms with van der Waals surface area (Å²) in [6.07, 6.45) is 0. The highest BCUT2D eigenvalue weighted by atomic mass is 15.1. The summed E-state index contributed by atoms with van der Waals surface area (Å²) in [5.74, 6) is 0. The molecule has 12 aromatic rings. The number of rotatable bonds is 15. The molecule has 0 heterocycles. The number of nitrogens with zero attached hydrogens (tertiary/aromatic N) is 2. The molecule has 0 fully saturated rings. The van der Waals surface area contributed by atoms with Crippen LogP contribution in [0, 0.1) is 0 Å². The van der Waals surface area contributed by atoms with Gasteiger partial charge in [0, 0.05) is 34.1 Å². The van der Waals surface area contributed by atoms with Gasteiger partial charge < -0.3 is 9.80 Å². The van der Waals surface area contributed by atoms with E-state index in [1.807, 2.05) is 0 Å². The molecule has 0 atom stereocenters. The Kier molecular flexibility index (Phi) is 14.4. The average molecular weight is 997 g/mol. The fraction of sp³-hybridized carbons (Fsp3) is 0. The van der Waals surface area contributed by atoms with Gasteiger partial charge in [0.2, 0.25) is 0 Å². The Labute approximate surface area is 459 Å². The first-order chi connectivity index (χ1) is 38.7. The van der Waals surface area contributed by atoms with E-state index >= 15 is 0 Å². The summed E-state index contributed by atoms with van der Waals surface area (Å²) in [4.78, 5) is 4.62. The molecule has 0 bridgehead atoms. The molecule has 0 saturated heterocycles. The minimum Gasteiger partial charge on any atom is -0.311 e. The molecule has 0 aliphatic carbocycles. The second-order valence-corrected chi connectivity index (χ2v) is 19.2. The molecule has 2 nitrogen and oxygen atoms in total. The molecule has 12 aromatic carbocycles. The lowest BCUT2D eigenvalue weighted by molar-refractivity contribution is 1.28. The summed E-state index contributed by atoms with van der Waals surface area (Å²) in [6.45, 7) is 0. The van der Waals surface area contributed by atoms with E-state index in [9.17, 15) is 0 Å². The van der Waals surface area contributed by atoms with Crippen molar-refractivity contribution < 1.29 is 0 Å². The number of hydrogen-bond donors (Lipinski definition) is 0. The van der Waals surface area contributed by atoms with E-state index in [1.54, 1.807) is 0 Å². The highest BCUT2D eigenvalue weighted by Gasteiger charge is 2.21. The van der Waals surface area contributed by atoms with Crippen LogP contribution in [0.15, 0.2) is 340 Å². The number of hydrogen-bond acceptors (Lipinski definition) is 2. The number of anilines is 6. The summed E-state index contributed by atoms with van der Waals surface area (Å²) >= 11 is 0. The van der Waals surface area contributed by atoms with Gasteiger partial charge in [0.15, 0.2) is 0 Å². The van der Waals surface area contributed by atoms with Crippen LogP contribution in [0.1, 0.15) is 44.5 Å². The maximum absolute atomic E-state index is 2.31. The van der Waals surface area contributed by atoms with Crippen LogP contribution in [0.5, 0.6) is 0 Å². The largest absolute Gasteiger partial charge is 0.311 e. The first-order valence-corrected chi connectivity index (χ1v) is 26.7. The smallest absolute Gasteiger partial charge is 0.0462 e. The highest BCUT2D eigenvalue weighted by molar-refractivity contribution is 6.06. The first kappa shape index (κ1) is 48.6. The molecule has 0 N–H and O–H groups in total. The van der Waals surface area contributed by atoms with Crippen molar-refractivity contribution >= 4 is 56.4 Å². The Morgan fingerprint density at radius 2 is 0.295 bits per heavy atom. The van der Waals surface area contributed by atoms with Gasteiger partial charge in [0.05, 0.1) is 0 Å². The Morgan fingerprint density at radius 1 is 0.141 bits per heavy atom. The van der Waals surface area contributed by atoms with E-state index in [2.05, 4.69) is 350 Å². The second kappa shape index (κ2) is 23.1. The average Bonchev–Trinajstić information content (AvgIpc) is 3.54. The molecule has 370 valence electrons. The van der Waals surface area contributed by atoms with Gasteiger partial charge >= 0.3 is 0 Å². The van der Waals surface area contributed by atoms with Crippen LogP contribution in [0.25, 0.3) is 33.4 Å². The number of benzene rings is 12. The summed E-state index contributed by atoms with van der Waals surface area (Å²) in [5.41, 5.74) is 22.8. The van der Waals surface area contributed by atoms with Crippen molar-refractivity contribution in [2.75, 3.05) is 9.80 Å². The zero-order valence-electron chi connectivity index (χ0n) is 43.2. The van der Waals surface area contributed by atoms with E-state index in [0.29, 0.717) is 0 Å². The molecule has 78 heavy (non-hydrogen) atoms. The van der Waals surface area contributed by atoms with E-state index in [-0.39, 0.29) is 0 Å². The lowest BCUT2D eigenvalue weighted by atomic mass is 9.84. The molecule has 12 rings (SSSR count). The molecule has 0 aromatic heterocycles. The Balaban J connectivity index is 0.939. The van der Waals surface area contributed by atoms with E-state index in [1.165, 1.54) is 22.3 Å². The normalized spacial score (nSPS) is 11.3. The van der Waals surface area contributed by atoms with Crippen molar-refractivity contribution in [3.05, 3.63) is 384 Å². The maximum Gasteiger partial charge on any atom is 0.0462 e. The van der Waals surface area contributed by atoms with Gasteiger partial charge in [-0.3, -0.25) is 0 Å². The molecular weight excluding hydrogens is 941 g/mol. The van der Waals surface area contributed by atoms with E-state index < -0.39 is 0 Å². The Morgan fingerprint density at radius 3 is 0.500 bits per heavy atom. The van der Waals surface area contributed by atoms with Gasteiger partial charge in [-0.25, -0.2) is 0 Å². The molecule has 0 amide bonds. The van der Waals surface area contributed by atoms with Gasteiger partial charge in [0.25, 0.3) is 0 Å². The highest BCUT2D eigenvalue weighted by Crippen LogP contribution is 2.43. The third-order valence-electron chi connectivity index (χ3n) is 14.3. The van der Waals surface area contributed by atoms with Gasteiger partial charge in [-0.05, 0) is 151 Å². The van der Waals surface area contributed by atoms with Gasteiger partial charge in [-0.15, -0.1) is 0 Å². The van der Waals surface area contributed by atoms with Crippen LogP contribution in [0.3, 0.4) is 0 Å². The van der Waals surface area contributed by atoms with Crippen molar-refractivity contribution in [2.45, 2.75) is 0 Å². The molecule has 0 spiro atoms. The lowest BCUT2D eigenvalue weighted by Crippen LogP contribution is -2.09. The third kappa shape index (κ3) is 10.5. The van der Waals surface area contributed by atoms with E-state index in [4.69, 9.17) is 0 Å². The third-order valence-corrected chi connectivity index (χ3v) is 14.3. The fourth-order valence-electron chi connectivity index (χ4n) is 10.7. The summed E-state index contributed by atoms with van der Waals surface area (Å²) in [5, 5.41) is 0. The van der Waals surface area contributed by atoms with Gasteiger partial charge in [0.1, 0.15) is 0 Å². The fourth-order valence-corrected chi connectivity index (χ4v) is 10.7. The van der Waals surface area contributed by atoms with Crippen LogP contribution in [-0.2, 0) is 0 Å². The van der Waals surface area contributed by atoms with Gasteiger partial charge in [-0.2, -0.15) is 0 Å². The maximum atomic E-state index is 2.31. The quantitative estimate of drug-likeness (QED) is 0.0945. The van der Waals surface area contributed by atoms with Gasteiger partial charge in [-0.1, -0.05) is 267 Å². The summed E-state index contributed by atoms with van der Waals surface area (Å²) in [7, 11) is 0. The molecule has 0 radical (unpaired) electrons. The van der Waals surface area contributed by atoms with E-state index in [0.717, 1.165) is 89.8 Å². The van der Waals surface area contributed by atoms with Crippen LogP contribution < -0.4 is 9.80 Å². The van der Waals surface area contributed by atoms with Crippen LogP contribution in [0.2, 0.25) is 0 Å². The number of para-hydroxylation sites is 4. The van der Waals surface area contributed by atoms with Crippen LogP contribution in [-0.4, -0.2) is 0 Å². The summed E-state index contributed by atoms with van der Waals surface area (Å²) < 4.78 is 0. The SMILES string of the molecule is c1ccc(C(=C(c2ccc(-c3ccc(/C(=C(\c4ccccc4)c4ccc(N(c5ccccc5)c5ccccc5)cc4)c4ccccc4)cc3)cc2)c2ccc(N(c3ccccc3)c3ccccc3)cc2)c2ccccc2)cc1. The van der Waals surface area contributed by atoms with Crippen molar-refractivity contribution in [1.82, 2.24) is 0 Å². The molecule has 2 heteroatoms. The zero-order valence-corrected chi connectivity index (χ0v) is 43.2. The molecular formula is C76H56N2.